The number of rotatable bonds is 7. The molecule has 0 saturated heterocycles. The molecule has 0 bridgehead atoms. The van der Waals surface area contributed by atoms with Gasteiger partial charge in [0.25, 0.3) is 5.91 Å². The van der Waals surface area contributed by atoms with Crippen LogP contribution in [0.3, 0.4) is 0 Å². The summed E-state index contributed by atoms with van der Waals surface area (Å²) in [4.78, 5) is 12.4. The van der Waals surface area contributed by atoms with E-state index in [1.807, 2.05) is 19.1 Å². The summed E-state index contributed by atoms with van der Waals surface area (Å²) in [6, 6.07) is 11.6. The van der Waals surface area contributed by atoms with E-state index in [2.05, 4.69) is 10.1 Å². The Morgan fingerprint density at radius 2 is 1.82 bits per heavy atom. The van der Waals surface area contributed by atoms with Crippen LogP contribution in [0.4, 0.5) is 14.5 Å². The van der Waals surface area contributed by atoms with E-state index in [0.717, 1.165) is 5.56 Å². The minimum absolute atomic E-state index is 0.0257. The van der Waals surface area contributed by atoms with Crippen molar-refractivity contribution >= 4 is 17.7 Å². The van der Waals surface area contributed by atoms with Crippen molar-refractivity contribution in [3.05, 3.63) is 53.1 Å². The van der Waals surface area contributed by atoms with Gasteiger partial charge in [0.05, 0.1) is 14.2 Å². The molecule has 0 unspecified atom stereocenters. The minimum Gasteiger partial charge on any atom is -0.493 e. The molecule has 0 radical (unpaired) electrons. The van der Waals surface area contributed by atoms with Crippen LogP contribution in [0.15, 0.2) is 42.0 Å². The summed E-state index contributed by atoms with van der Waals surface area (Å²) >= 11 is 0. The predicted molar refractivity (Wildman–Crippen MR) is 99.6 cm³/mol. The van der Waals surface area contributed by atoms with E-state index < -0.39 is 12.5 Å². The number of benzene rings is 2. The third-order valence-corrected chi connectivity index (χ3v) is 3.64. The number of hydrogen-bond donors (Lipinski definition) is 1. The number of nitrogens with zero attached hydrogens (tertiary/aromatic N) is 1. The summed E-state index contributed by atoms with van der Waals surface area (Å²) in [6.07, 6.45) is 1.29. The molecule has 0 heterocycles. The molecule has 146 valence electrons. The van der Waals surface area contributed by atoms with Crippen molar-refractivity contribution in [2.75, 3.05) is 19.5 Å². The molecule has 0 fully saturated rings. The van der Waals surface area contributed by atoms with E-state index in [9.17, 15) is 18.8 Å². The first-order chi connectivity index (χ1) is 13.4. The molecular weight excluding hydrogens is 370 g/mol. The first-order valence-electron chi connectivity index (χ1n) is 8.08. The van der Waals surface area contributed by atoms with Crippen molar-refractivity contribution in [1.29, 1.82) is 5.26 Å². The molecule has 0 saturated carbocycles. The number of carbonyl (C=O) groups is 1. The quantitative estimate of drug-likeness (QED) is 0.569. The number of nitriles is 1. The molecule has 8 heteroatoms. The van der Waals surface area contributed by atoms with E-state index in [1.54, 1.807) is 18.2 Å². The van der Waals surface area contributed by atoms with Gasteiger partial charge in [-0.3, -0.25) is 4.79 Å². The van der Waals surface area contributed by atoms with Gasteiger partial charge in [-0.25, -0.2) is 0 Å². The zero-order chi connectivity index (χ0) is 20.7. The van der Waals surface area contributed by atoms with Gasteiger partial charge in [0.15, 0.2) is 11.5 Å². The van der Waals surface area contributed by atoms with Crippen molar-refractivity contribution in [1.82, 2.24) is 0 Å². The number of methoxy groups -OCH3 is 2. The van der Waals surface area contributed by atoms with Gasteiger partial charge in [0.2, 0.25) is 5.75 Å². The highest BCUT2D eigenvalue weighted by molar-refractivity contribution is 6.09. The van der Waals surface area contributed by atoms with Crippen LogP contribution in [0.25, 0.3) is 6.08 Å². The van der Waals surface area contributed by atoms with Gasteiger partial charge in [-0.2, -0.15) is 14.0 Å². The number of ether oxygens (including phenoxy) is 3. The van der Waals surface area contributed by atoms with Crippen molar-refractivity contribution < 1.29 is 27.8 Å². The molecular formula is C20H18F2N2O4. The van der Waals surface area contributed by atoms with Gasteiger partial charge >= 0.3 is 6.61 Å². The lowest BCUT2D eigenvalue weighted by molar-refractivity contribution is -0.112. The fourth-order valence-electron chi connectivity index (χ4n) is 2.43. The highest BCUT2D eigenvalue weighted by Gasteiger charge is 2.18. The lowest BCUT2D eigenvalue weighted by Gasteiger charge is -2.14. The van der Waals surface area contributed by atoms with E-state index in [0.29, 0.717) is 11.3 Å². The SMILES string of the molecule is COc1cc(/C=C(\C#N)C(=O)Nc2cccc(C)c2)cc(OC)c1OC(F)F. The zero-order valence-corrected chi connectivity index (χ0v) is 15.5. The third kappa shape index (κ3) is 5.20. The Morgan fingerprint density at radius 1 is 1.18 bits per heavy atom. The molecule has 1 N–H and O–H groups in total. The fraction of sp³-hybridized carbons (Fsp3) is 0.200. The molecule has 0 aliphatic heterocycles. The lowest BCUT2D eigenvalue weighted by atomic mass is 10.1. The van der Waals surface area contributed by atoms with E-state index in [-0.39, 0.29) is 22.8 Å². The molecule has 0 aliphatic carbocycles. The van der Waals surface area contributed by atoms with Crippen LogP contribution in [0.2, 0.25) is 0 Å². The van der Waals surface area contributed by atoms with Gasteiger partial charge < -0.3 is 19.5 Å². The van der Waals surface area contributed by atoms with Crippen molar-refractivity contribution in [2.45, 2.75) is 13.5 Å². The van der Waals surface area contributed by atoms with Crippen LogP contribution in [0.1, 0.15) is 11.1 Å². The highest BCUT2D eigenvalue weighted by atomic mass is 19.3. The van der Waals surface area contributed by atoms with Crippen molar-refractivity contribution in [2.24, 2.45) is 0 Å². The third-order valence-electron chi connectivity index (χ3n) is 3.64. The van der Waals surface area contributed by atoms with Crippen LogP contribution >= 0.6 is 0 Å². The Hall–Kier alpha value is -3.60. The molecule has 2 aromatic rings. The standard InChI is InChI=1S/C20H18F2N2O4/c1-12-5-4-6-15(7-12)24-19(25)14(11-23)8-13-9-16(26-2)18(28-20(21)22)17(10-13)27-3/h4-10,20H,1-3H3,(H,24,25)/b14-8+. The molecule has 0 spiro atoms. The second kappa shape index (κ2) is 9.37. The second-order valence-electron chi connectivity index (χ2n) is 5.63. The van der Waals surface area contributed by atoms with Crippen LogP contribution in [0, 0.1) is 18.3 Å². The maximum Gasteiger partial charge on any atom is 0.387 e. The van der Waals surface area contributed by atoms with Gasteiger partial charge in [-0.05, 0) is 48.4 Å². The maximum atomic E-state index is 12.6. The van der Waals surface area contributed by atoms with Crippen molar-refractivity contribution in [3.63, 3.8) is 0 Å². The summed E-state index contributed by atoms with van der Waals surface area (Å²) in [6.45, 7) is -1.20. The van der Waals surface area contributed by atoms with Gasteiger partial charge in [0, 0.05) is 5.69 Å². The molecule has 2 rings (SSSR count). The molecule has 0 aliphatic rings. The number of amides is 1. The average Bonchev–Trinajstić information content (AvgIpc) is 2.66. The maximum absolute atomic E-state index is 12.6. The average molecular weight is 388 g/mol. The molecule has 2 aromatic carbocycles. The minimum atomic E-state index is -3.07. The Labute approximate surface area is 160 Å². The first-order valence-corrected chi connectivity index (χ1v) is 8.08. The molecule has 6 nitrogen and oxygen atoms in total. The first kappa shape index (κ1) is 20.7. The number of carbonyl (C=O) groups excluding carboxylic acids is 1. The second-order valence-corrected chi connectivity index (χ2v) is 5.63. The molecule has 1 amide bonds. The van der Waals surface area contributed by atoms with Crippen molar-refractivity contribution in [3.8, 4) is 23.3 Å². The van der Waals surface area contributed by atoms with E-state index in [4.69, 9.17) is 9.47 Å². The summed E-state index contributed by atoms with van der Waals surface area (Å²) in [5.41, 5.74) is 1.64. The van der Waals surface area contributed by atoms with E-state index in [1.165, 1.54) is 32.4 Å². The van der Waals surface area contributed by atoms with E-state index >= 15 is 0 Å². The summed E-state index contributed by atoms with van der Waals surface area (Å²) in [5.74, 6) is -0.941. The Kier molecular flexibility index (Phi) is 6.93. The smallest absolute Gasteiger partial charge is 0.387 e. The number of halogens is 2. The highest BCUT2D eigenvalue weighted by Crippen LogP contribution is 2.40. The van der Waals surface area contributed by atoms with Gasteiger partial charge in [-0.15, -0.1) is 0 Å². The van der Waals surface area contributed by atoms with Crippen LogP contribution in [0.5, 0.6) is 17.2 Å². The summed E-state index contributed by atoms with van der Waals surface area (Å²) < 4.78 is 39.8. The summed E-state index contributed by atoms with van der Waals surface area (Å²) in [7, 11) is 2.55. The van der Waals surface area contributed by atoms with Crippen LogP contribution in [-0.4, -0.2) is 26.7 Å². The summed E-state index contributed by atoms with van der Waals surface area (Å²) in [5, 5.41) is 12.0. The lowest BCUT2D eigenvalue weighted by Crippen LogP contribution is -2.13. The Bertz CT molecular complexity index is 911. The molecule has 0 atom stereocenters. The largest absolute Gasteiger partial charge is 0.493 e. The number of alkyl halides is 2. The topological polar surface area (TPSA) is 80.6 Å². The molecule has 0 aromatic heterocycles. The zero-order valence-electron chi connectivity index (χ0n) is 15.5. The Morgan fingerprint density at radius 3 is 2.32 bits per heavy atom. The fourth-order valence-corrected chi connectivity index (χ4v) is 2.43. The normalized spacial score (nSPS) is 11.0. The monoisotopic (exact) mass is 388 g/mol. The Balaban J connectivity index is 2.37. The van der Waals surface area contributed by atoms with Gasteiger partial charge in [0.1, 0.15) is 11.6 Å². The number of nitrogens with one attached hydrogen (secondary N) is 1. The number of anilines is 1. The van der Waals surface area contributed by atoms with Crippen LogP contribution < -0.4 is 19.5 Å². The van der Waals surface area contributed by atoms with Gasteiger partial charge in [-0.1, -0.05) is 12.1 Å². The number of aryl methyl sites for hydroxylation is 1. The predicted octanol–water partition coefficient (Wildman–Crippen LogP) is 4.16. The van der Waals surface area contributed by atoms with Crippen LogP contribution in [-0.2, 0) is 4.79 Å². The number of hydrogen-bond acceptors (Lipinski definition) is 5. The molecule has 28 heavy (non-hydrogen) atoms.